The van der Waals surface area contributed by atoms with Gasteiger partial charge >= 0.3 is 0 Å². The lowest BCUT2D eigenvalue weighted by molar-refractivity contribution is -0.384. The molecule has 4 rings (SSSR count). The van der Waals surface area contributed by atoms with E-state index in [1.807, 2.05) is 6.92 Å². The minimum atomic E-state index is -3.28. The van der Waals surface area contributed by atoms with Crippen LogP contribution in [0.5, 0.6) is 0 Å². The van der Waals surface area contributed by atoms with Gasteiger partial charge in [-0.2, -0.15) is 5.10 Å². The minimum absolute atomic E-state index is 0.0411. The third kappa shape index (κ3) is 2.91. The van der Waals surface area contributed by atoms with Gasteiger partial charge in [-0.05, 0) is 49.6 Å². The third-order valence-electron chi connectivity index (χ3n) is 4.90. The highest BCUT2D eigenvalue weighted by atomic mass is 32.2. The SMILES string of the molecule is Cc1nn(-c2ccc(S(C)(=O)=O)cc2)c2c1CCc1ccc([N+](=O)[O-])cc1-2. The van der Waals surface area contributed by atoms with Crippen LogP contribution in [0.1, 0.15) is 16.8 Å². The average molecular weight is 383 g/mol. The maximum atomic E-state index is 11.7. The number of hydrogen-bond donors (Lipinski definition) is 0. The lowest BCUT2D eigenvalue weighted by Crippen LogP contribution is -2.08. The Hall–Kier alpha value is -3.00. The van der Waals surface area contributed by atoms with Crippen LogP contribution in [0.2, 0.25) is 0 Å². The van der Waals surface area contributed by atoms with Crippen LogP contribution in [-0.4, -0.2) is 29.4 Å². The summed E-state index contributed by atoms with van der Waals surface area (Å²) in [6.07, 6.45) is 2.78. The third-order valence-corrected chi connectivity index (χ3v) is 6.03. The normalized spacial score (nSPS) is 13.1. The summed E-state index contributed by atoms with van der Waals surface area (Å²) in [6.45, 7) is 1.92. The average Bonchev–Trinajstić information content (AvgIpc) is 2.98. The Morgan fingerprint density at radius 3 is 2.44 bits per heavy atom. The first kappa shape index (κ1) is 17.4. The molecule has 0 amide bonds. The van der Waals surface area contributed by atoms with Crippen molar-refractivity contribution in [3.63, 3.8) is 0 Å². The van der Waals surface area contributed by atoms with E-state index in [1.165, 1.54) is 6.07 Å². The molecule has 27 heavy (non-hydrogen) atoms. The Morgan fingerprint density at radius 1 is 1.11 bits per heavy atom. The zero-order valence-corrected chi connectivity index (χ0v) is 15.7. The molecule has 1 heterocycles. The molecule has 0 N–H and O–H groups in total. The Morgan fingerprint density at radius 2 is 1.81 bits per heavy atom. The first-order valence-electron chi connectivity index (χ1n) is 8.42. The fourth-order valence-electron chi connectivity index (χ4n) is 3.53. The smallest absolute Gasteiger partial charge is 0.258 e. The van der Waals surface area contributed by atoms with Gasteiger partial charge in [0, 0.05) is 29.5 Å². The van der Waals surface area contributed by atoms with Gasteiger partial charge in [-0.3, -0.25) is 10.1 Å². The molecule has 0 bridgehead atoms. The predicted octanol–water partition coefficient (Wildman–Crippen LogP) is 3.26. The van der Waals surface area contributed by atoms with Crippen LogP contribution < -0.4 is 0 Å². The van der Waals surface area contributed by atoms with Gasteiger partial charge in [0.1, 0.15) is 0 Å². The Labute approximate surface area is 156 Å². The lowest BCUT2D eigenvalue weighted by Gasteiger charge is -2.18. The number of nitro benzene ring substituents is 1. The number of aromatic nitrogens is 2. The van der Waals surface area contributed by atoms with E-state index in [-0.39, 0.29) is 10.6 Å². The number of non-ortho nitro benzene ring substituents is 1. The zero-order chi connectivity index (χ0) is 19.3. The molecular weight excluding hydrogens is 366 g/mol. The molecule has 8 heteroatoms. The largest absolute Gasteiger partial charge is 0.270 e. The number of rotatable bonds is 3. The van der Waals surface area contributed by atoms with E-state index in [9.17, 15) is 18.5 Å². The molecule has 0 radical (unpaired) electrons. The quantitative estimate of drug-likeness (QED) is 0.511. The number of sulfone groups is 1. The van der Waals surface area contributed by atoms with Crippen molar-refractivity contribution in [1.29, 1.82) is 0 Å². The second-order valence-corrected chi connectivity index (χ2v) is 8.70. The number of nitrogens with zero attached hydrogens (tertiary/aromatic N) is 3. The number of fused-ring (bicyclic) bond motifs is 3. The summed E-state index contributed by atoms with van der Waals surface area (Å²) in [7, 11) is -3.28. The lowest BCUT2D eigenvalue weighted by atomic mass is 9.88. The van der Waals surface area contributed by atoms with E-state index in [2.05, 4.69) is 5.10 Å². The molecule has 0 unspecified atom stereocenters. The maximum Gasteiger partial charge on any atom is 0.270 e. The predicted molar refractivity (Wildman–Crippen MR) is 101 cm³/mol. The van der Waals surface area contributed by atoms with E-state index < -0.39 is 14.8 Å². The van der Waals surface area contributed by atoms with Crippen LogP contribution in [0.4, 0.5) is 5.69 Å². The topological polar surface area (TPSA) is 95.1 Å². The standard InChI is InChI=1S/C19H17N3O4S/c1-12-17-10-4-13-3-5-15(22(23)24)11-18(13)19(17)21(20-12)14-6-8-16(9-7-14)27(2,25)26/h3,5-9,11H,4,10H2,1-2H3. The summed E-state index contributed by atoms with van der Waals surface area (Å²) in [5.74, 6) is 0. The molecule has 0 saturated heterocycles. The number of hydrogen-bond acceptors (Lipinski definition) is 5. The first-order chi connectivity index (χ1) is 12.8. The summed E-state index contributed by atoms with van der Waals surface area (Å²) in [4.78, 5) is 11.1. The summed E-state index contributed by atoms with van der Waals surface area (Å²) in [6, 6.07) is 11.4. The molecule has 7 nitrogen and oxygen atoms in total. The van der Waals surface area contributed by atoms with Crippen LogP contribution in [-0.2, 0) is 22.7 Å². The maximum absolute atomic E-state index is 11.7. The molecule has 3 aromatic rings. The van der Waals surface area contributed by atoms with Crippen molar-refractivity contribution in [2.45, 2.75) is 24.7 Å². The second-order valence-electron chi connectivity index (χ2n) is 6.69. The van der Waals surface area contributed by atoms with Crippen LogP contribution in [0.15, 0.2) is 47.4 Å². The van der Waals surface area contributed by atoms with Gasteiger partial charge in [0.05, 0.1) is 26.9 Å². The van der Waals surface area contributed by atoms with Gasteiger partial charge in [-0.1, -0.05) is 6.07 Å². The number of benzene rings is 2. The van der Waals surface area contributed by atoms with Crippen LogP contribution in [0, 0.1) is 17.0 Å². The van der Waals surface area contributed by atoms with Crippen LogP contribution in [0.25, 0.3) is 16.9 Å². The van der Waals surface area contributed by atoms with E-state index in [1.54, 1.807) is 41.1 Å². The van der Waals surface area contributed by atoms with Gasteiger partial charge in [0.25, 0.3) is 5.69 Å². The molecule has 138 valence electrons. The van der Waals surface area contributed by atoms with Gasteiger partial charge in [0.2, 0.25) is 0 Å². The molecular formula is C19H17N3O4S. The number of nitro groups is 1. The minimum Gasteiger partial charge on any atom is -0.258 e. The first-order valence-corrected chi connectivity index (χ1v) is 10.3. The highest BCUT2D eigenvalue weighted by Gasteiger charge is 2.26. The summed E-state index contributed by atoms with van der Waals surface area (Å²) < 4.78 is 25.1. The summed E-state index contributed by atoms with van der Waals surface area (Å²) in [5, 5.41) is 15.8. The molecule has 1 aromatic heterocycles. The van der Waals surface area contributed by atoms with E-state index in [4.69, 9.17) is 0 Å². The summed E-state index contributed by atoms with van der Waals surface area (Å²) in [5.41, 5.74) is 5.37. The molecule has 0 aliphatic heterocycles. The highest BCUT2D eigenvalue weighted by Crippen LogP contribution is 2.38. The fraction of sp³-hybridized carbons (Fsp3) is 0.211. The second kappa shape index (κ2) is 6.02. The van der Waals surface area contributed by atoms with E-state index in [0.717, 1.165) is 47.2 Å². The van der Waals surface area contributed by atoms with Crippen LogP contribution in [0.3, 0.4) is 0 Å². The van der Waals surface area contributed by atoms with Crippen molar-refractivity contribution in [2.24, 2.45) is 0 Å². The van der Waals surface area contributed by atoms with Crippen molar-refractivity contribution < 1.29 is 13.3 Å². The van der Waals surface area contributed by atoms with Crippen molar-refractivity contribution in [1.82, 2.24) is 9.78 Å². The molecule has 0 saturated carbocycles. The van der Waals surface area contributed by atoms with Gasteiger partial charge in [0.15, 0.2) is 9.84 Å². The van der Waals surface area contributed by atoms with Crippen molar-refractivity contribution >= 4 is 15.5 Å². The molecule has 0 fully saturated rings. The Bertz CT molecular complexity index is 1180. The molecule has 0 atom stereocenters. The fourth-order valence-corrected chi connectivity index (χ4v) is 4.16. The monoisotopic (exact) mass is 383 g/mol. The zero-order valence-electron chi connectivity index (χ0n) is 14.8. The molecule has 1 aliphatic rings. The van der Waals surface area contributed by atoms with E-state index in [0.29, 0.717) is 5.69 Å². The van der Waals surface area contributed by atoms with Crippen molar-refractivity contribution in [2.75, 3.05) is 6.26 Å². The molecule has 1 aliphatic carbocycles. The number of aryl methyl sites for hydroxylation is 2. The Balaban J connectivity index is 1.91. The van der Waals surface area contributed by atoms with Gasteiger partial charge in [-0.15, -0.1) is 0 Å². The van der Waals surface area contributed by atoms with Crippen molar-refractivity contribution in [3.05, 3.63) is 69.4 Å². The summed E-state index contributed by atoms with van der Waals surface area (Å²) >= 11 is 0. The highest BCUT2D eigenvalue weighted by molar-refractivity contribution is 7.90. The Kier molecular flexibility index (Phi) is 3.88. The van der Waals surface area contributed by atoms with Gasteiger partial charge < -0.3 is 0 Å². The van der Waals surface area contributed by atoms with E-state index >= 15 is 0 Å². The van der Waals surface area contributed by atoms with Gasteiger partial charge in [-0.25, -0.2) is 13.1 Å². The van der Waals surface area contributed by atoms with Crippen molar-refractivity contribution in [3.8, 4) is 16.9 Å². The van der Waals surface area contributed by atoms with Crippen LogP contribution >= 0.6 is 0 Å². The molecule has 0 spiro atoms. The molecule has 2 aromatic carbocycles.